The molecule has 1 rings (SSSR count). The Balaban J connectivity index is 2.44. The molecule has 1 unspecified atom stereocenters. The molecule has 0 radical (unpaired) electrons. The minimum Gasteiger partial charge on any atom is -0.435 e. The fraction of sp³-hybridized carbons (Fsp3) is 0.636. The van der Waals surface area contributed by atoms with Crippen molar-refractivity contribution in [1.82, 2.24) is 20.2 Å². The van der Waals surface area contributed by atoms with E-state index in [0.29, 0.717) is 12.4 Å². The topological polar surface area (TPSA) is 88.4 Å². The summed E-state index contributed by atoms with van der Waals surface area (Å²) in [7, 11) is 0. The van der Waals surface area contributed by atoms with Gasteiger partial charge in [-0.15, -0.1) is 15.0 Å². The molecule has 0 saturated heterocycles. The predicted octanol–water partition coefficient (Wildman–Crippen LogP) is 1.46. The summed E-state index contributed by atoms with van der Waals surface area (Å²) in [6.07, 6.45) is -1.46. The van der Waals surface area contributed by atoms with Crippen molar-refractivity contribution in [3.05, 3.63) is 18.0 Å². The lowest BCUT2D eigenvalue weighted by molar-refractivity contribution is -0.00545. The first-order chi connectivity index (χ1) is 9.02. The first kappa shape index (κ1) is 15.1. The Hall–Kier alpha value is -1.96. The van der Waals surface area contributed by atoms with E-state index in [9.17, 15) is 4.79 Å². The van der Waals surface area contributed by atoms with Gasteiger partial charge in [-0.25, -0.2) is 4.79 Å². The normalized spacial score (nSPS) is 11.9. The number of rotatable bonds is 7. The van der Waals surface area contributed by atoms with Crippen molar-refractivity contribution < 1.29 is 19.0 Å². The Labute approximate surface area is 111 Å². The van der Waals surface area contributed by atoms with Crippen LogP contribution in [0.3, 0.4) is 0 Å². The second-order valence-electron chi connectivity index (χ2n) is 3.88. The van der Waals surface area contributed by atoms with Crippen LogP contribution < -0.4 is 0 Å². The zero-order valence-corrected chi connectivity index (χ0v) is 11.3. The molecule has 8 nitrogen and oxygen atoms in total. The van der Waals surface area contributed by atoms with Crippen molar-refractivity contribution >= 4 is 6.16 Å². The van der Waals surface area contributed by atoms with Crippen LogP contribution >= 0.6 is 0 Å². The van der Waals surface area contributed by atoms with Crippen molar-refractivity contribution in [2.45, 2.75) is 33.6 Å². The zero-order chi connectivity index (χ0) is 14.3. The van der Waals surface area contributed by atoms with E-state index in [0.717, 1.165) is 5.57 Å². The molecule has 0 spiro atoms. The quantitative estimate of drug-likeness (QED) is 0.547. The van der Waals surface area contributed by atoms with Crippen molar-refractivity contribution in [3.8, 4) is 0 Å². The second kappa shape index (κ2) is 7.47. The summed E-state index contributed by atoms with van der Waals surface area (Å²) >= 11 is 0. The molecule has 0 bridgehead atoms. The van der Waals surface area contributed by atoms with Crippen LogP contribution in [-0.4, -0.2) is 39.6 Å². The number of carbonyl (C=O) groups excluding carboxylic acids is 1. The van der Waals surface area contributed by atoms with Crippen LogP contribution in [0.15, 0.2) is 12.2 Å². The average Bonchev–Trinajstić information content (AvgIpc) is 2.77. The highest BCUT2D eigenvalue weighted by Crippen LogP contribution is 2.05. The number of hydrogen-bond acceptors (Lipinski definition) is 7. The van der Waals surface area contributed by atoms with Crippen LogP contribution in [0.4, 0.5) is 4.79 Å². The SMILES string of the molecule is C=C(C)COCc1nnn(C(C)OC(=O)OCC)n1. The van der Waals surface area contributed by atoms with Crippen molar-refractivity contribution in [2.75, 3.05) is 13.2 Å². The molecule has 0 N–H and O–H groups in total. The molecule has 0 aromatic carbocycles. The van der Waals surface area contributed by atoms with Crippen LogP contribution in [0.5, 0.6) is 0 Å². The Morgan fingerprint density at radius 3 is 2.89 bits per heavy atom. The van der Waals surface area contributed by atoms with E-state index >= 15 is 0 Å². The number of hydrogen-bond donors (Lipinski definition) is 0. The summed E-state index contributed by atoms with van der Waals surface area (Å²) in [6, 6.07) is 0. The van der Waals surface area contributed by atoms with E-state index in [4.69, 9.17) is 9.47 Å². The van der Waals surface area contributed by atoms with Crippen molar-refractivity contribution in [3.63, 3.8) is 0 Å². The van der Waals surface area contributed by atoms with Gasteiger partial charge < -0.3 is 14.2 Å². The molecule has 1 atom stereocenters. The molecular formula is C11H18N4O4. The molecule has 1 aromatic rings. The molecule has 0 aliphatic rings. The van der Waals surface area contributed by atoms with Gasteiger partial charge in [-0.2, -0.15) is 0 Å². The van der Waals surface area contributed by atoms with E-state index in [1.165, 1.54) is 4.80 Å². The molecule has 0 amide bonds. The highest BCUT2D eigenvalue weighted by atomic mass is 16.7. The van der Waals surface area contributed by atoms with E-state index in [1.54, 1.807) is 13.8 Å². The molecule has 106 valence electrons. The van der Waals surface area contributed by atoms with E-state index in [1.807, 2.05) is 6.92 Å². The highest BCUT2D eigenvalue weighted by molar-refractivity contribution is 5.59. The van der Waals surface area contributed by atoms with E-state index in [2.05, 4.69) is 26.7 Å². The molecule has 0 fully saturated rings. The van der Waals surface area contributed by atoms with Crippen LogP contribution in [0.25, 0.3) is 0 Å². The highest BCUT2D eigenvalue weighted by Gasteiger charge is 2.15. The summed E-state index contributed by atoms with van der Waals surface area (Å²) in [5, 5.41) is 11.6. The fourth-order valence-corrected chi connectivity index (χ4v) is 1.12. The lowest BCUT2D eigenvalue weighted by Crippen LogP contribution is -2.18. The lowest BCUT2D eigenvalue weighted by atomic mass is 10.4. The van der Waals surface area contributed by atoms with Crippen LogP contribution in [0, 0.1) is 0 Å². The van der Waals surface area contributed by atoms with Gasteiger partial charge in [0.15, 0.2) is 0 Å². The molecule has 1 aromatic heterocycles. The van der Waals surface area contributed by atoms with E-state index < -0.39 is 12.4 Å². The molecule has 0 aliphatic heterocycles. The van der Waals surface area contributed by atoms with Gasteiger partial charge in [0.25, 0.3) is 0 Å². The Morgan fingerprint density at radius 2 is 2.26 bits per heavy atom. The third kappa shape index (κ3) is 5.47. The summed E-state index contributed by atoms with van der Waals surface area (Å²) in [6.45, 7) is 9.77. The Bertz CT molecular complexity index is 432. The van der Waals surface area contributed by atoms with Gasteiger partial charge in [0.05, 0.1) is 13.2 Å². The number of tetrazole rings is 1. The minimum atomic E-state index is -0.771. The maximum Gasteiger partial charge on any atom is 0.510 e. The van der Waals surface area contributed by atoms with Gasteiger partial charge in [0, 0.05) is 0 Å². The maximum absolute atomic E-state index is 11.1. The Kier molecular flexibility index (Phi) is 5.94. The second-order valence-corrected chi connectivity index (χ2v) is 3.88. The minimum absolute atomic E-state index is 0.221. The van der Waals surface area contributed by atoms with Gasteiger partial charge in [-0.1, -0.05) is 12.2 Å². The molecule has 1 heterocycles. The fourth-order valence-electron chi connectivity index (χ4n) is 1.12. The maximum atomic E-state index is 11.1. The molecule has 0 saturated carbocycles. The van der Waals surface area contributed by atoms with Gasteiger partial charge in [0.2, 0.25) is 12.1 Å². The van der Waals surface area contributed by atoms with Crippen LogP contribution in [0.1, 0.15) is 32.8 Å². The lowest BCUT2D eigenvalue weighted by Gasteiger charge is -2.10. The third-order valence-corrected chi connectivity index (χ3v) is 1.90. The first-order valence-electron chi connectivity index (χ1n) is 5.86. The largest absolute Gasteiger partial charge is 0.510 e. The van der Waals surface area contributed by atoms with Crippen LogP contribution in [-0.2, 0) is 20.8 Å². The average molecular weight is 270 g/mol. The number of aromatic nitrogens is 4. The van der Waals surface area contributed by atoms with Crippen molar-refractivity contribution in [1.29, 1.82) is 0 Å². The number of nitrogens with zero attached hydrogens (tertiary/aromatic N) is 4. The summed E-state index contributed by atoms with van der Waals surface area (Å²) in [4.78, 5) is 12.3. The number of carbonyl (C=O) groups is 1. The zero-order valence-electron chi connectivity index (χ0n) is 11.3. The molecule has 8 heteroatoms. The smallest absolute Gasteiger partial charge is 0.435 e. The Morgan fingerprint density at radius 1 is 1.53 bits per heavy atom. The summed E-state index contributed by atoms with van der Waals surface area (Å²) < 4.78 is 14.8. The standard InChI is InChI=1S/C11H18N4O4/c1-5-18-11(16)19-9(4)15-13-10(12-14-15)7-17-6-8(2)3/h9H,2,5-7H2,1,3-4H3. The molecule has 19 heavy (non-hydrogen) atoms. The van der Waals surface area contributed by atoms with Gasteiger partial charge >= 0.3 is 6.16 Å². The molecular weight excluding hydrogens is 252 g/mol. The summed E-state index contributed by atoms with van der Waals surface area (Å²) in [5.74, 6) is 0.403. The van der Waals surface area contributed by atoms with E-state index in [-0.39, 0.29) is 13.2 Å². The third-order valence-electron chi connectivity index (χ3n) is 1.90. The van der Waals surface area contributed by atoms with Crippen molar-refractivity contribution in [2.24, 2.45) is 0 Å². The van der Waals surface area contributed by atoms with Gasteiger partial charge in [0.1, 0.15) is 6.61 Å². The van der Waals surface area contributed by atoms with Gasteiger partial charge in [-0.3, -0.25) is 0 Å². The number of ether oxygens (including phenoxy) is 3. The summed E-state index contributed by atoms with van der Waals surface area (Å²) in [5.41, 5.74) is 0.909. The van der Waals surface area contributed by atoms with Crippen LogP contribution in [0.2, 0.25) is 0 Å². The predicted molar refractivity (Wildman–Crippen MR) is 65.1 cm³/mol. The molecule has 0 aliphatic carbocycles. The van der Waals surface area contributed by atoms with Gasteiger partial charge in [-0.05, 0) is 26.0 Å². The first-order valence-corrected chi connectivity index (χ1v) is 5.86. The monoisotopic (exact) mass is 270 g/mol.